The van der Waals surface area contributed by atoms with Gasteiger partial charge in [-0.3, -0.25) is 0 Å². The number of rotatable bonds is 4. The average Bonchev–Trinajstić information content (AvgIpc) is 2.25. The number of alkyl halides is 3. The van der Waals surface area contributed by atoms with Crippen molar-refractivity contribution in [3.8, 4) is 0 Å². The summed E-state index contributed by atoms with van der Waals surface area (Å²) in [4.78, 5) is 0. The van der Waals surface area contributed by atoms with E-state index >= 15 is 0 Å². The van der Waals surface area contributed by atoms with Gasteiger partial charge in [-0.25, -0.2) is 13.1 Å². The van der Waals surface area contributed by atoms with E-state index in [1.807, 2.05) is 0 Å². The van der Waals surface area contributed by atoms with Crippen LogP contribution in [0.4, 0.5) is 13.2 Å². The summed E-state index contributed by atoms with van der Waals surface area (Å²) in [5, 5.41) is -0.577. The molecule has 102 valence electrons. The highest BCUT2D eigenvalue weighted by molar-refractivity contribution is 7.90. The average molecular weight is 281 g/mol. The highest BCUT2D eigenvalue weighted by Crippen LogP contribution is 2.29. The van der Waals surface area contributed by atoms with Gasteiger partial charge in [0.15, 0.2) is 0 Å². The van der Waals surface area contributed by atoms with Gasteiger partial charge in [-0.15, -0.1) is 0 Å². The van der Waals surface area contributed by atoms with Crippen molar-refractivity contribution in [3.05, 3.63) is 35.4 Å². The Hall–Kier alpha value is -1.08. The van der Waals surface area contributed by atoms with E-state index in [1.165, 1.54) is 26.0 Å². The lowest BCUT2D eigenvalue weighted by atomic mass is 10.1. The fourth-order valence-corrected chi connectivity index (χ4v) is 1.86. The second-order valence-electron chi connectivity index (χ2n) is 4.11. The van der Waals surface area contributed by atoms with Crippen molar-refractivity contribution in [1.29, 1.82) is 0 Å². The van der Waals surface area contributed by atoms with E-state index in [0.717, 1.165) is 12.1 Å². The molecular weight excluding hydrogens is 267 g/mol. The van der Waals surface area contributed by atoms with Crippen molar-refractivity contribution in [3.63, 3.8) is 0 Å². The quantitative estimate of drug-likeness (QED) is 0.922. The SMILES string of the molecule is CC(C)S(=O)(=O)NCc1ccc(C(F)(F)F)cc1. The summed E-state index contributed by atoms with van der Waals surface area (Å²) >= 11 is 0. The molecule has 1 aromatic carbocycles. The summed E-state index contributed by atoms with van der Waals surface area (Å²) in [6.45, 7) is 3.03. The summed E-state index contributed by atoms with van der Waals surface area (Å²) in [6, 6.07) is 4.37. The molecule has 0 aliphatic heterocycles. The van der Waals surface area contributed by atoms with Crippen LogP contribution in [0.2, 0.25) is 0 Å². The van der Waals surface area contributed by atoms with E-state index in [4.69, 9.17) is 0 Å². The van der Waals surface area contributed by atoms with E-state index in [9.17, 15) is 21.6 Å². The zero-order chi connectivity index (χ0) is 14.0. The van der Waals surface area contributed by atoms with Crippen LogP contribution in [-0.4, -0.2) is 13.7 Å². The number of hydrogen-bond donors (Lipinski definition) is 1. The maximum atomic E-state index is 12.3. The molecule has 0 spiro atoms. The van der Waals surface area contributed by atoms with E-state index in [-0.39, 0.29) is 6.54 Å². The van der Waals surface area contributed by atoms with Gasteiger partial charge in [-0.05, 0) is 31.5 Å². The second-order valence-corrected chi connectivity index (χ2v) is 6.43. The molecule has 0 aromatic heterocycles. The van der Waals surface area contributed by atoms with E-state index in [1.54, 1.807) is 0 Å². The molecule has 1 N–H and O–H groups in total. The van der Waals surface area contributed by atoms with E-state index in [0.29, 0.717) is 5.56 Å². The molecule has 3 nitrogen and oxygen atoms in total. The predicted octanol–water partition coefficient (Wildman–Crippen LogP) is 2.53. The summed E-state index contributed by atoms with van der Waals surface area (Å²) in [6.07, 6.45) is -4.38. The van der Waals surface area contributed by atoms with Gasteiger partial charge in [0, 0.05) is 6.54 Å². The van der Waals surface area contributed by atoms with Crippen molar-refractivity contribution in [1.82, 2.24) is 4.72 Å². The van der Waals surface area contributed by atoms with Crippen molar-refractivity contribution in [2.45, 2.75) is 31.8 Å². The molecule has 18 heavy (non-hydrogen) atoms. The molecular formula is C11H14F3NO2S. The first-order valence-corrected chi connectivity index (χ1v) is 6.82. The van der Waals surface area contributed by atoms with Crippen LogP contribution >= 0.6 is 0 Å². The topological polar surface area (TPSA) is 46.2 Å². The maximum absolute atomic E-state index is 12.3. The first kappa shape index (κ1) is 15.0. The van der Waals surface area contributed by atoms with Gasteiger partial charge in [-0.2, -0.15) is 13.2 Å². The Morgan fingerprint density at radius 3 is 2.06 bits per heavy atom. The van der Waals surface area contributed by atoms with Crippen LogP contribution in [0.1, 0.15) is 25.0 Å². The third kappa shape index (κ3) is 3.99. The number of nitrogens with one attached hydrogen (secondary N) is 1. The van der Waals surface area contributed by atoms with Gasteiger partial charge >= 0.3 is 6.18 Å². The lowest BCUT2D eigenvalue weighted by Gasteiger charge is -2.10. The first-order valence-electron chi connectivity index (χ1n) is 5.27. The van der Waals surface area contributed by atoms with Gasteiger partial charge in [0.05, 0.1) is 10.8 Å². The molecule has 0 heterocycles. The molecule has 0 unspecified atom stereocenters. The Balaban J connectivity index is 2.72. The van der Waals surface area contributed by atoms with Crippen LogP contribution in [0.25, 0.3) is 0 Å². The highest BCUT2D eigenvalue weighted by Gasteiger charge is 2.29. The summed E-state index contributed by atoms with van der Waals surface area (Å²) in [5.74, 6) is 0. The minimum Gasteiger partial charge on any atom is -0.212 e. The van der Waals surface area contributed by atoms with Crippen LogP contribution in [0.15, 0.2) is 24.3 Å². The van der Waals surface area contributed by atoms with Crippen LogP contribution in [0.5, 0.6) is 0 Å². The summed E-state index contributed by atoms with van der Waals surface area (Å²) < 4.78 is 62.1. The fourth-order valence-electron chi connectivity index (χ4n) is 1.16. The molecule has 0 saturated heterocycles. The minimum absolute atomic E-state index is 0.0152. The molecule has 0 amide bonds. The van der Waals surface area contributed by atoms with Crippen molar-refractivity contribution >= 4 is 10.0 Å². The molecule has 7 heteroatoms. The first-order chi connectivity index (χ1) is 8.13. The Labute approximate surface area is 104 Å². The molecule has 0 fully saturated rings. The number of hydrogen-bond acceptors (Lipinski definition) is 2. The van der Waals surface area contributed by atoms with E-state index in [2.05, 4.69) is 4.72 Å². The van der Waals surface area contributed by atoms with E-state index < -0.39 is 27.0 Å². The molecule has 0 bridgehead atoms. The van der Waals surface area contributed by atoms with Gasteiger partial charge in [-0.1, -0.05) is 12.1 Å². The Morgan fingerprint density at radius 2 is 1.67 bits per heavy atom. The Bertz CT molecular complexity index is 492. The molecule has 1 rings (SSSR count). The monoisotopic (exact) mass is 281 g/mol. The van der Waals surface area contributed by atoms with Crippen LogP contribution in [0, 0.1) is 0 Å². The van der Waals surface area contributed by atoms with Gasteiger partial charge in [0.2, 0.25) is 10.0 Å². The standard InChI is InChI=1S/C11H14F3NO2S/c1-8(2)18(16,17)15-7-9-3-5-10(6-4-9)11(12,13)14/h3-6,8,15H,7H2,1-2H3. The van der Waals surface area contributed by atoms with Crippen molar-refractivity contribution < 1.29 is 21.6 Å². The summed E-state index contributed by atoms with van der Waals surface area (Å²) in [7, 11) is -3.41. The smallest absolute Gasteiger partial charge is 0.212 e. The Morgan fingerprint density at radius 1 is 1.17 bits per heavy atom. The molecule has 0 atom stereocenters. The molecule has 0 saturated carbocycles. The fraction of sp³-hybridized carbons (Fsp3) is 0.455. The third-order valence-electron chi connectivity index (χ3n) is 2.38. The zero-order valence-electron chi connectivity index (χ0n) is 9.95. The minimum atomic E-state index is -4.38. The van der Waals surface area contributed by atoms with Crippen LogP contribution in [-0.2, 0) is 22.7 Å². The van der Waals surface area contributed by atoms with Gasteiger partial charge in [0.25, 0.3) is 0 Å². The number of halogens is 3. The lowest BCUT2D eigenvalue weighted by molar-refractivity contribution is -0.137. The van der Waals surface area contributed by atoms with Crippen molar-refractivity contribution in [2.24, 2.45) is 0 Å². The number of benzene rings is 1. The normalized spacial score (nSPS) is 13.0. The van der Waals surface area contributed by atoms with Crippen molar-refractivity contribution in [2.75, 3.05) is 0 Å². The van der Waals surface area contributed by atoms with Gasteiger partial charge < -0.3 is 0 Å². The lowest BCUT2D eigenvalue weighted by Crippen LogP contribution is -2.30. The molecule has 1 aromatic rings. The number of sulfonamides is 1. The van der Waals surface area contributed by atoms with Crippen LogP contribution < -0.4 is 4.72 Å². The zero-order valence-corrected chi connectivity index (χ0v) is 10.8. The predicted molar refractivity (Wildman–Crippen MR) is 62.3 cm³/mol. The second kappa shape index (κ2) is 5.27. The molecule has 0 aliphatic carbocycles. The molecule has 0 aliphatic rings. The third-order valence-corrected chi connectivity index (χ3v) is 4.17. The maximum Gasteiger partial charge on any atom is 0.416 e. The van der Waals surface area contributed by atoms with Crippen LogP contribution in [0.3, 0.4) is 0 Å². The highest BCUT2D eigenvalue weighted by atomic mass is 32.2. The molecule has 0 radical (unpaired) electrons. The van der Waals surface area contributed by atoms with Gasteiger partial charge in [0.1, 0.15) is 0 Å². The Kier molecular flexibility index (Phi) is 4.39. The summed E-state index contributed by atoms with van der Waals surface area (Å²) in [5.41, 5.74) is -0.273. The largest absolute Gasteiger partial charge is 0.416 e.